The number of sulfone groups is 1. The first-order chi connectivity index (χ1) is 8.45. The first-order valence-corrected chi connectivity index (χ1v) is 7.37. The standard InChI is InChI=1S/C10H14N2O5S/c1-2-17-10(14)7-6-8(13)12(11-7)9-4-3-5-18(9,15)16/h6,9,11H,2-5H2,1H3/t9-/m0/s1. The van der Waals surface area contributed by atoms with Crippen LogP contribution in [0.1, 0.15) is 35.6 Å². The molecule has 1 aliphatic heterocycles. The molecule has 8 heteroatoms. The van der Waals surface area contributed by atoms with Crippen molar-refractivity contribution in [3.8, 4) is 0 Å². The molecule has 1 aromatic rings. The molecule has 1 saturated heterocycles. The van der Waals surface area contributed by atoms with Gasteiger partial charge in [-0.15, -0.1) is 0 Å². The topological polar surface area (TPSA) is 98.2 Å². The minimum Gasteiger partial charge on any atom is -0.461 e. The van der Waals surface area contributed by atoms with Crippen molar-refractivity contribution in [2.24, 2.45) is 0 Å². The van der Waals surface area contributed by atoms with Crippen molar-refractivity contribution in [2.45, 2.75) is 25.1 Å². The van der Waals surface area contributed by atoms with Gasteiger partial charge in [0.25, 0.3) is 5.56 Å². The fourth-order valence-electron chi connectivity index (χ4n) is 2.00. The van der Waals surface area contributed by atoms with Gasteiger partial charge in [-0.25, -0.2) is 17.9 Å². The summed E-state index contributed by atoms with van der Waals surface area (Å²) in [5, 5.41) is 1.62. The largest absolute Gasteiger partial charge is 0.461 e. The highest BCUT2D eigenvalue weighted by molar-refractivity contribution is 7.91. The summed E-state index contributed by atoms with van der Waals surface area (Å²) in [6.45, 7) is 1.84. The van der Waals surface area contributed by atoms with E-state index in [9.17, 15) is 18.0 Å². The Hall–Kier alpha value is -1.57. The second kappa shape index (κ2) is 4.60. The molecule has 18 heavy (non-hydrogen) atoms. The van der Waals surface area contributed by atoms with Crippen LogP contribution in [0.2, 0.25) is 0 Å². The lowest BCUT2D eigenvalue weighted by molar-refractivity contribution is 0.0518. The van der Waals surface area contributed by atoms with Gasteiger partial charge >= 0.3 is 5.97 Å². The van der Waals surface area contributed by atoms with Gasteiger partial charge in [-0.05, 0) is 19.8 Å². The van der Waals surface area contributed by atoms with E-state index in [0.29, 0.717) is 12.8 Å². The summed E-state index contributed by atoms with van der Waals surface area (Å²) in [7, 11) is -3.31. The molecule has 7 nitrogen and oxygen atoms in total. The Labute approximate surface area is 104 Å². The Bertz CT molecular complexity index is 612. The molecule has 0 aliphatic carbocycles. The average Bonchev–Trinajstić information content (AvgIpc) is 2.81. The van der Waals surface area contributed by atoms with E-state index in [0.717, 1.165) is 10.7 Å². The number of aromatic nitrogens is 2. The van der Waals surface area contributed by atoms with Crippen molar-refractivity contribution in [3.05, 3.63) is 22.1 Å². The number of nitrogens with one attached hydrogen (secondary N) is 1. The number of carbonyl (C=O) groups excluding carboxylic acids is 1. The van der Waals surface area contributed by atoms with Crippen molar-refractivity contribution in [2.75, 3.05) is 12.4 Å². The summed E-state index contributed by atoms with van der Waals surface area (Å²) in [4.78, 5) is 23.1. The maximum Gasteiger partial charge on any atom is 0.356 e. The molecule has 0 unspecified atom stereocenters. The second-order valence-electron chi connectivity index (χ2n) is 4.06. The quantitative estimate of drug-likeness (QED) is 0.786. The Morgan fingerprint density at radius 3 is 2.89 bits per heavy atom. The smallest absolute Gasteiger partial charge is 0.356 e. The molecule has 1 atom stereocenters. The molecular formula is C10H14N2O5S. The van der Waals surface area contributed by atoms with E-state index in [2.05, 4.69) is 5.10 Å². The lowest BCUT2D eigenvalue weighted by Crippen LogP contribution is -2.25. The molecular weight excluding hydrogens is 260 g/mol. The molecule has 1 N–H and O–H groups in total. The van der Waals surface area contributed by atoms with Gasteiger partial charge in [-0.1, -0.05) is 0 Å². The Morgan fingerprint density at radius 2 is 2.33 bits per heavy atom. The number of hydrogen-bond acceptors (Lipinski definition) is 5. The van der Waals surface area contributed by atoms with Crippen molar-refractivity contribution in [1.82, 2.24) is 9.78 Å². The predicted octanol–water partition coefficient (Wildman–Crippen LogP) is 0.0603. The van der Waals surface area contributed by atoms with Crippen molar-refractivity contribution in [3.63, 3.8) is 0 Å². The van der Waals surface area contributed by atoms with Crippen LogP contribution in [0.4, 0.5) is 0 Å². The van der Waals surface area contributed by atoms with E-state index >= 15 is 0 Å². The minimum atomic E-state index is -3.31. The molecule has 2 rings (SSSR count). The second-order valence-corrected chi connectivity index (χ2v) is 6.34. The fraction of sp³-hybridized carbons (Fsp3) is 0.600. The first kappa shape index (κ1) is 12.9. The highest BCUT2D eigenvalue weighted by atomic mass is 32.2. The van der Waals surface area contributed by atoms with Crippen molar-refractivity contribution in [1.29, 1.82) is 0 Å². The van der Waals surface area contributed by atoms with Crippen LogP contribution in [0.5, 0.6) is 0 Å². The Morgan fingerprint density at radius 1 is 1.61 bits per heavy atom. The van der Waals surface area contributed by atoms with Crippen LogP contribution >= 0.6 is 0 Å². The summed E-state index contributed by atoms with van der Waals surface area (Å²) < 4.78 is 29.2. The van der Waals surface area contributed by atoms with Crippen LogP contribution in [-0.4, -0.2) is 36.5 Å². The molecule has 2 heterocycles. The number of aromatic amines is 1. The third-order valence-electron chi connectivity index (χ3n) is 2.82. The third kappa shape index (κ3) is 2.20. The van der Waals surface area contributed by atoms with E-state index < -0.39 is 26.7 Å². The van der Waals surface area contributed by atoms with Gasteiger partial charge < -0.3 is 4.74 Å². The average molecular weight is 274 g/mol. The van der Waals surface area contributed by atoms with Gasteiger partial charge in [0.15, 0.2) is 15.2 Å². The van der Waals surface area contributed by atoms with Gasteiger partial charge in [-0.3, -0.25) is 9.89 Å². The van der Waals surface area contributed by atoms with Gasteiger partial charge in [-0.2, -0.15) is 0 Å². The highest BCUT2D eigenvalue weighted by Crippen LogP contribution is 2.27. The zero-order chi connectivity index (χ0) is 13.3. The summed E-state index contributed by atoms with van der Waals surface area (Å²) in [5.41, 5.74) is -0.558. The van der Waals surface area contributed by atoms with Crippen molar-refractivity contribution < 1.29 is 17.9 Å². The van der Waals surface area contributed by atoms with E-state index in [1.165, 1.54) is 0 Å². The molecule has 1 aliphatic rings. The van der Waals surface area contributed by atoms with Gasteiger partial charge in [0.1, 0.15) is 5.69 Å². The minimum absolute atomic E-state index is 0.0241. The van der Waals surface area contributed by atoms with Crippen LogP contribution in [0.3, 0.4) is 0 Å². The van der Waals surface area contributed by atoms with Crippen LogP contribution < -0.4 is 5.56 Å². The fourth-order valence-corrected chi connectivity index (χ4v) is 3.85. The molecule has 1 aromatic heterocycles. The van der Waals surface area contributed by atoms with E-state index in [1.807, 2.05) is 0 Å². The number of rotatable bonds is 3. The summed E-state index contributed by atoms with van der Waals surface area (Å²) in [6.07, 6.45) is 0.901. The number of carbonyl (C=O) groups is 1. The van der Waals surface area contributed by atoms with Gasteiger partial charge in [0.2, 0.25) is 0 Å². The van der Waals surface area contributed by atoms with Gasteiger partial charge in [0, 0.05) is 6.07 Å². The SMILES string of the molecule is CCOC(=O)c1cc(=O)n([C@@H]2CCCS2(=O)=O)[nH]1. The number of H-pyrrole nitrogens is 1. The zero-order valence-corrected chi connectivity index (χ0v) is 10.7. The molecule has 0 saturated carbocycles. The molecule has 0 amide bonds. The lowest BCUT2D eigenvalue weighted by Gasteiger charge is -2.09. The number of nitrogens with zero attached hydrogens (tertiary/aromatic N) is 1. The molecule has 1 fully saturated rings. The lowest BCUT2D eigenvalue weighted by atomic mass is 10.3. The monoisotopic (exact) mass is 274 g/mol. The molecule has 100 valence electrons. The summed E-state index contributed by atoms with van der Waals surface area (Å²) >= 11 is 0. The number of hydrogen-bond donors (Lipinski definition) is 1. The summed E-state index contributed by atoms with van der Waals surface area (Å²) in [6, 6.07) is 1.06. The van der Waals surface area contributed by atoms with E-state index in [-0.39, 0.29) is 18.1 Å². The number of ether oxygens (including phenoxy) is 1. The predicted molar refractivity (Wildman–Crippen MR) is 63.1 cm³/mol. The Balaban J connectivity index is 2.36. The first-order valence-electron chi connectivity index (χ1n) is 5.66. The maximum absolute atomic E-state index is 11.7. The normalized spacial score (nSPS) is 21.9. The van der Waals surface area contributed by atoms with Crippen LogP contribution in [0.25, 0.3) is 0 Å². The van der Waals surface area contributed by atoms with Crippen LogP contribution in [0, 0.1) is 0 Å². The van der Waals surface area contributed by atoms with Crippen molar-refractivity contribution >= 4 is 15.8 Å². The maximum atomic E-state index is 11.7. The molecule has 0 aromatic carbocycles. The third-order valence-corrected chi connectivity index (χ3v) is 4.96. The van der Waals surface area contributed by atoms with E-state index in [1.54, 1.807) is 6.92 Å². The van der Waals surface area contributed by atoms with Crippen LogP contribution in [0.15, 0.2) is 10.9 Å². The van der Waals surface area contributed by atoms with E-state index in [4.69, 9.17) is 4.74 Å². The molecule has 0 spiro atoms. The highest BCUT2D eigenvalue weighted by Gasteiger charge is 2.34. The van der Waals surface area contributed by atoms with Gasteiger partial charge in [0.05, 0.1) is 12.4 Å². The number of esters is 1. The van der Waals surface area contributed by atoms with Crippen LogP contribution in [-0.2, 0) is 14.6 Å². The Kier molecular flexibility index (Phi) is 3.29. The summed E-state index contributed by atoms with van der Waals surface area (Å²) in [5.74, 6) is -0.596. The molecule has 0 bridgehead atoms. The zero-order valence-electron chi connectivity index (χ0n) is 9.88. The molecule has 0 radical (unpaired) electrons.